The monoisotopic (exact) mass is 288 g/mol. The zero-order valence-electron chi connectivity index (χ0n) is 13.1. The van der Waals surface area contributed by atoms with Gasteiger partial charge in [-0.15, -0.1) is 6.58 Å². The van der Waals surface area contributed by atoms with Crippen molar-refractivity contribution in [3.63, 3.8) is 0 Å². The molecule has 0 aliphatic rings. The number of carbonyl (C=O) groups is 1. The van der Waals surface area contributed by atoms with E-state index < -0.39 is 0 Å². The predicted octanol–water partition coefficient (Wildman–Crippen LogP) is 5.08. The van der Waals surface area contributed by atoms with Gasteiger partial charge in [-0.05, 0) is 24.8 Å². The molecule has 0 saturated heterocycles. The summed E-state index contributed by atoms with van der Waals surface area (Å²) in [6.45, 7) is 4.21. The molecule has 0 spiro atoms. The SMILES string of the molecule is C=CCCCCCCCCC(=O)OCCc1ccccc1. The Morgan fingerprint density at radius 2 is 1.67 bits per heavy atom. The first-order valence-corrected chi connectivity index (χ1v) is 8.13. The Bertz CT molecular complexity index is 384. The van der Waals surface area contributed by atoms with E-state index in [1.807, 2.05) is 24.3 Å². The van der Waals surface area contributed by atoms with Crippen molar-refractivity contribution in [2.45, 2.75) is 57.8 Å². The lowest BCUT2D eigenvalue weighted by Gasteiger charge is -2.05. The molecule has 2 heteroatoms. The standard InChI is InChI=1S/C19H28O2/c1-2-3-4-5-6-7-8-12-15-19(20)21-17-16-18-13-10-9-11-14-18/h2,9-11,13-14H,1,3-8,12,15-17H2. The second-order valence-corrected chi connectivity index (χ2v) is 5.40. The average Bonchev–Trinajstić information content (AvgIpc) is 2.51. The van der Waals surface area contributed by atoms with E-state index >= 15 is 0 Å². The quantitative estimate of drug-likeness (QED) is 0.304. The van der Waals surface area contributed by atoms with Crippen LogP contribution in [0.25, 0.3) is 0 Å². The van der Waals surface area contributed by atoms with Crippen molar-refractivity contribution < 1.29 is 9.53 Å². The molecule has 0 saturated carbocycles. The third kappa shape index (κ3) is 9.89. The van der Waals surface area contributed by atoms with Crippen LogP contribution in [-0.4, -0.2) is 12.6 Å². The molecule has 1 aromatic rings. The summed E-state index contributed by atoms with van der Waals surface area (Å²) in [6, 6.07) is 10.1. The molecule has 2 nitrogen and oxygen atoms in total. The number of carbonyl (C=O) groups excluding carboxylic acids is 1. The summed E-state index contributed by atoms with van der Waals surface area (Å²) in [5.41, 5.74) is 1.21. The number of esters is 1. The minimum atomic E-state index is -0.0578. The molecule has 0 unspecified atom stereocenters. The molecule has 0 N–H and O–H groups in total. The van der Waals surface area contributed by atoms with Crippen LogP contribution in [0, 0.1) is 0 Å². The van der Waals surface area contributed by atoms with Gasteiger partial charge in [-0.3, -0.25) is 4.79 Å². The van der Waals surface area contributed by atoms with Crippen LogP contribution in [0.4, 0.5) is 0 Å². The van der Waals surface area contributed by atoms with Crippen LogP contribution in [0.1, 0.15) is 56.9 Å². The van der Waals surface area contributed by atoms with E-state index in [0.29, 0.717) is 13.0 Å². The summed E-state index contributed by atoms with van der Waals surface area (Å²) >= 11 is 0. The average molecular weight is 288 g/mol. The van der Waals surface area contributed by atoms with Crippen LogP contribution in [0.5, 0.6) is 0 Å². The molecule has 0 heterocycles. The Balaban J connectivity index is 1.91. The van der Waals surface area contributed by atoms with Crippen LogP contribution >= 0.6 is 0 Å². The maximum Gasteiger partial charge on any atom is 0.305 e. The fraction of sp³-hybridized carbons (Fsp3) is 0.526. The summed E-state index contributed by atoms with van der Waals surface area (Å²) in [5.74, 6) is -0.0578. The lowest BCUT2D eigenvalue weighted by atomic mass is 10.1. The largest absolute Gasteiger partial charge is 0.465 e. The molecule has 0 bridgehead atoms. The molecule has 1 rings (SSSR count). The number of hydrogen-bond donors (Lipinski definition) is 0. The first kappa shape index (κ1) is 17.5. The Morgan fingerprint density at radius 3 is 2.38 bits per heavy atom. The molecule has 0 aliphatic heterocycles. The van der Waals surface area contributed by atoms with Crippen molar-refractivity contribution in [1.82, 2.24) is 0 Å². The Hall–Kier alpha value is -1.57. The van der Waals surface area contributed by atoms with Crippen LogP contribution in [0.2, 0.25) is 0 Å². The highest BCUT2D eigenvalue weighted by Crippen LogP contribution is 2.09. The highest BCUT2D eigenvalue weighted by atomic mass is 16.5. The van der Waals surface area contributed by atoms with Crippen molar-refractivity contribution in [3.05, 3.63) is 48.6 Å². The topological polar surface area (TPSA) is 26.3 Å². The first-order chi connectivity index (χ1) is 10.3. The van der Waals surface area contributed by atoms with E-state index in [9.17, 15) is 4.79 Å². The van der Waals surface area contributed by atoms with Crippen molar-refractivity contribution in [2.75, 3.05) is 6.61 Å². The van der Waals surface area contributed by atoms with Crippen molar-refractivity contribution in [1.29, 1.82) is 0 Å². The van der Waals surface area contributed by atoms with Crippen LogP contribution < -0.4 is 0 Å². The fourth-order valence-corrected chi connectivity index (χ4v) is 2.26. The maximum absolute atomic E-state index is 11.6. The number of allylic oxidation sites excluding steroid dienone is 1. The third-order valence-corrected chi connectivity index (χ3v) is 3.54. The molecule has 0 aromatic heterocycles. The van der Waals surface area contributed by atoms with Gasteiger partial charge in [0.2, 0.25) is 0 Å². The van der Waals surface area contributed by atoms with Gasteiger partial charge in [-0.25, -0.2) is 0 Å². The molecule has 1 aromatic carbocycles. The number of unbranched alkanes of at least 4 members (excludes halogenated alkanes) is 6. The molecule has 116 valence electrons. The predicted molar refractivity (Wildman–Crippen MR) is 88.2 cm³/mol. The summed E-state index contributed by atoms with van der Waals surface area (Å²) in [7, 11) is 0. The zero-order valence-corrected chi connectivity index (χ0v) is 13.1. The Morgan fingerprint density at radius 1 is 1.00 bits per heavy atom. The van der Waals surface area contributed by atoms with E-state index in [1.165, 1.54) is 31.2 Å². The number of rotatable bonds is 12. The van der Waals surface area contributed by atoms with Crippen molar-refractivity contribution >= 4 is 5.97 Å². The smallest absolute Gasteiger partial charge is 0.305 e. The van der Waals surface area contributed by atoms with Gasteiger partial charge in [0.05, 0.1) is 6.61 Å². The molecule has 0 aliphatic carbocycles. The van der Waals surface area contributed by atoms with Gasteiger partial charge in [0.25, 0.3) is 0 Å². The normalized spacial score (nSPS) is 10.3. The van der Waals surface area contributed by atoms with Gasteiger partial charge in [0, 0.05) is 12.8 Å². The van der Waals surface area contributed by atoms with Gasteiger partial charge in [-0.1, -0.05) is 62.1 Å². The zero-order chi connectivity index (χ0) is 15.2. The Labute approximate surface area is 129 Å². The number of benzene rings is 1. The molecule has 0 atom stereocenters. The second kappa shape index (κ2) is 12.2. The van der Waals surface area contributed by atoms with E-state index in [0.717, 1.165) is 25.7 Å². The lowest BCUT2D eigenvalue weighted by Crippen LogP contribution is -2.07. The number of ether oxygens (including phenoxy) is 1. The molecule has 0 amide bonds. The van der Waals surface area contributed by atoms with Crippen molar-refractivity contribution in [2.24, 2.45) is 0 Å². The lowest BCUT2D eigenvalue weighted by molar-refractivity contribution is -0.143. The third-order valence-electron chi connectivity index (χ3n) is 3.54. The van der Waals surface area contributed by atoms with Crippen LogP contribution in [0.3, 0.4) is 0 Å². The summed E-state index contributed by atoms with van der Waals surface area (Å²) in [6.07, 6.45) is 11.5. The van der Waals surface area contributed by atoms with Gasteiger partial charge in [0.15, 0.2) is 0 Å². The van der Waals surface area contributed by atoms with Crippen LogP contribution in [0.15, 0.2) is 43.0 Å². The molecule has 21 heavy (non-hydrogen) atoms. The van der Waals surface area contributed by atoms with E-state index in [2.05, 4.69) is 18.7 Å². The molecular weight excluding hydrogens is 260 g/mol. The van der Waals surface area contributed by atoms with Crippen LogP contribution in [-0.2, 0) is 16.0 Å². The second-order valence-electron chi connectivity index (χ2n) is 5.40. The summed E-state index contributed by atoms with van der Waals surface area (Å²) < 4.78 is 5.26. The van der Waals surface area contributed by atoms with E-state index in [4.69, 9.17) is 4.74 Å². The first-order valence-electron chi connectivity index (χ1n) is 8.13. The van der Waals surface area contributed by atoms with Gasteiger partial charge in [-0.2, -0.15) is 0 Å². The van der Waals surface area contributed by atoms with Gasteiger partial charge >= 0.3 is 5.97 Å². The Kier molecular flexibility index (Phi) is 10.1. The fourth-order valence-electron chi connectivity index (χ4n) is 2.26. The highest BCUT2D eigenvalue weighted by molar-refractivity contribution is 5.69. The molecule has 0 radical (unpaired) electrons. The minimum Gasteiger partial charge on any atom is -0.465 e. The van der Waals surface area contributed by atoms with Gasteiger partial charge in [0.1, 0.15) is 0 Å². The molecule has 0 fully saturated rings. The summed E-state index contributed by atoms with van der Waals surface area (Å²) in [4.78, 5) is 11.6. The summed E-state index contributed by atoms with van der Waals surface area (Å²) in [5, 5.41) is 0. The minimum absolute atomic E-state index is 0.0578. The van der Waals surface area contributed by atoms with Gasteiger partial charge < -0.3 is 4.74 Å². The highest BCUT2D eigenvalue weighted by Gasteiger charge is 2.02. The number of hydrogen-bond acceptors (Lipinski definition) is 2. The van der Waals surface area contributed by atoms with E-state index in [-0.39, 0.29) is 5.97 Å². The van der Waals surface area contributed by atoms with E-state index in [1.54, 1.807) is 0 Å². The van der Waals surface area contributed by atoms with Crippen molar-refractivity contribution in [3.8, 4) is 0 Å². The maximum atomic E-state index is 11.6. The molecular formula is C19H28O2.